The van der Waals surface area contributed by atoms with E-state index in [4.69, 9.17) is 14.2 Å². The minimum atomic E-state index is -0.680. The van der Waals surface area contributed by atoms with Crippen LogP contribution in [0.1, 0.15) is 58.2 Å². The highest BCUT2D eigenvalue weighted by Gasteiger charge is 2.11. The number of hydrogen-bond donors (Lipinski definition) is 3. The molecule has 1 rings (SSSR count). The van der Waals surface area contributed by atoms with Gasteiger partial charge in [-0.05, 0) is 76.4 Å². The Kier molecular flexibility index (Phi) is 11.6. The number of ether oxygens (including phenoxy) is 3. The molecule has 0 aliphatic carbocycles. The lowest BCUT2D eigenvalue weighted by atomic mass is 9.98. The summed E-state index contributed by atoms with van der Waals surface area (Å²) in [4.78, 5) is 34.7. The van der Waals surface area contributed by atoms with Crippen LogP contribution in [0, 0.1) is 0 Å². The molecule has 12 heteroatoms. The quantitative estimate of drug-likeness (QED) is 0.291. The molecule has 0 radical (unpaired) electrons. The Bertz CT molecular complexity index is 810. The molecular weight excluding hydrogens is 432 g/mol. The molecule has 0 saturated carbocycles. The van der Waals surface area contributed by atoms with E-state index < -0.39 is 18.3 Å². The van der Waals surface area contributed by atoms with Crippen molar-refractivity contribution in [2.24, 2.45) is 15.3 Å². The van der Waals surface area contributed by atoms with Gasteiger partial charge in [0.15, 0.2) is 0 Å². The molecule has 0 fully saturated rings. The zero-order valence-electron chi connectivity index (χ0n) is 19.6. The molecule has 0 heterocycles. The fourth-order valence-electron chi connectivity index (χ4n) is 2.33. The molecular formula is C21H30N6O6. The Labute approximate surface area is 192 Å². The minimum Gasteiger partial charge on any atom is -0.449 e. The third-order valence-corrected chi connectivity index (χ3v) is 3.96. The predicted octanol–water partition coefficient (Wildman–Crippen LogP) is 3.10. The Balaban J connectivity index is 3.32. The zero-order valence-corrected chi connectivity index (χ0v) is 19.6. The first-order valence-corrected chi connectivity index (χ1v) is 10.3. The van der Waals surface area contributed by atoms with Crippen molar-refractivity contribution in [2.45, 2.75) is 41.5 Å². The van der Waals surface area contributed by atoms with Crippen LogP contribution in [0.25, 0.3) is 0 Å². The summed E-state index contributed by atoms with van der Waals surface area (Å²) in [5.74, 6) is 0. The summed E-state index contributed by atoms with van der Waals surface area (Å²) in [6.45, 7) is 10.8. The molecule has 0 aliphatic heterocycles. The molecule has 0 spiro atoms. The monoisotopic (exact) mass is 462 g/mol. The maximum atomic E-state index is 11.6. The third kappa shape index (κ3) is 9.80. The van der Waals surface area contributed by atoms with Crippen molar-refractivity contribution in [3.05, 3.63) is 34.9 Å². The van der Waals surface area contributed by atoms with E-state index in [0.717, 1.165) is 0 Å². The van der Waals surface area contributed by atoms with Crippen LogP contribution in [0.2, 0.25) is 0 Å². The second-order valence-electron chi connectivity index (χ2n) is 6.39. The summed E-state index contributed by atoms with van der Waals surface area (Å²) in [5.41, 5.74) is 10.3. The smallest absolute Gasteiger partial charge is 0.427 e. The van der Waals surface area contributed by atoms with Crippen LogP contribution < -0.4 is 16.3 Å². The summed E-state index contributed by atoms with van der Waals surface area (Å²) < 4.78 is 14.4. The van der Waals surface area contributed by atoms with E-state index in [0.29, 0.717) is 33.8 Å². The van der Waals surface area contributed by atoms with Gasteiger partial charge in [-0.15, -0.1) is 0 Å². The highest BCUT2D eigenvalue weighted by atomic mass is 16.6. The average Bonchev–Trinajstić information content (AvgIpc) is 2.79. The first-order valence-electron chi connectivity index (χ1n) is 10.3. The maximum absolute atomic E-state index is 11.6. The lowest BCUT2D eigenvalue weighted by molar-refractivity contribution is 0.151. The van der Waals surface area contributed by atoms with Gasteiger partial charge in [-0.25, -0.2) is 30.7 Å². The molecule has 12 nitrogen and oxygen atoms in total. The molecule has 1 aromatic rings. The number of rotatable bonds is 9. The van der Waals surface area contributed by atoms with Crippen LogP contribution in [-0.4, -0.2) is 55.2 Å². The summed E-state index contributed by atoms with van der Waals surface area (Å²) >= 11 is 0. The van der Waals surface area contributed by atoms with Crippen molar-refractivity contribution < 1.29 is 28.6 Å². The normalized spacial score (nSPS) is 12.0. The number of hydrogen-bond acceptors (Lipinski definition) is 9. The summed E-state index contributed by atoms with van der Waals surface area (Å²) in [6, 6.07) is 5.31. The highest BCUT2D eigenvalue weighted by Crippen LogP contribution is 2.14. The predicted molar refractivity (Wildman–Crippen MR) is 124 cm³/mol. The number of hydrazone groups is 3. The minimum absolute atomic E-state index is 0.215. The molecule has 0 unspecified atom stereocenters. The van der Waals surface area contributed by atoms with Crippen LogP contribution in [0.3, 0.4) is 0 Å². The van der Waals surface area contributed by atoms with Gasteiger partial charge in [-0.3, -0.25) is 0 Å². The van der Waals surface area contributed by atoms with Crippen LogP contribution >= 0.6 is 0 Å². The van der Waals surface area contributed by atoms with Gasteiger partial charge >= 0.3 is 18.3 Å². The van der Waals surface area contributed by atoms with Crippen molar-refractivity contribution in [1.29, 1.82) is 0 Å². The Morgan fingerprint density at radius 2 is 0.848 bits per heavy atom. The third-order valence-electron chi connectivity index (χ3n) is 3.96. The van der Waals surface area contributed by atoms with Gasteiger partial charge in [-0.1, -0.05) is 0 Å². The van der Waals surface area contributed by atoms with E-state index in [-0.39, 0.29) is 19.8 Å². The van der Waals surface area contributed by atoms with Crippen molar-refractivity contribution >= 4 is 35.4 Å². The zero-order chi connectivity index (χ0) is 24.8. The summed E-state index contributed by atoms with van der Waals surface area (Å²) in [7, 11) is 0. The lowest BCUT2D eigenvalue weighted by Crippen LogP contribution is -2.22. The largest absolute Gasteiger partial charge is 0.449 e. The standard InChI is InChI=1S/C21H30N6O6/c1-7-31-19(28)25-22-13(4)16-10-17(14(5)23-26-20(29)32-8-2)12-18(11-16)15(6)24-27-21(30)33-9-3/h10-12H,7-9H2,1-6H3,(H,25,28)(H,26,29)(H,27,30)/b22-13-,23-14-,24-15+. The van der Waals surface area contributed by atoms with E-state index in [1.54, 1.807) is 59.7 Å². The molecule has 0 atom stereocenters. The maximum Gasteiger partial charge on any atom is 0.427 e. The van der Waals surface area contributed by atoms with E-state index in [9.17, 15) is 14.4 Å². The van der Waals surface area contributed by atoms with Crippen LogP contribution in [-0.2, 0) is 14.2 Å². The van der Waals surface area contributed by atoms with Crippen molar-refractivity contribution in [2.75, 3.05) is 19.8 Å². The van der Waals surface area contributed by atoms with Crippen molar-refractivity contribution in [3.8, 4) is 0 Å². The second kappa shape index (κ2) is 14.2. The number of benzene rings is 1. The lowest BCUT2D eigenvalue weighted by Gasteiger charge is -2.11. The number of carbonyl (C=O) groups excluding carboxylic acids is 3. The summed E-state index contributed by atoms with van der Waals surface area (Å²) in [5, 5.41) is 12.1. The topological polar surface area (TPSA) is 152 Å². The van der Waals surface area contributed by atoms with Gasteiger partial charge in [0.1, 0.15) is 0 Å². The number of nitrogens with one attached hydrogen (secondary N) is 3. The molecule has 0 saturated heterocycles. The summed E-state index contributed by atoms with van der Waals surface area (Å²) in [6.07, 6.45) is -2.04. The Morgan fingerprint density at radius 1 is 0.606 bits per heavy atom. The SMILES string of the molecule is CCOC(=O)N/N=C(/C)c1cc(/C(C)=N\NC(=O)OCC)cc(/C(C)=N/NC(=O)OCC)c1. The second-order valence-corrected chi connectivity index (χ2v) is 6.39. The number of amides is 3. The van der Waals surface area contributed by atoms with Crippen LogP contribution in [0.15, 0.2) is 33.5 Å². The fourth-order valence-corrected chi connectivity index (χ4v) is 2.33. The van der Waals surface area contributed by atoms with Gasteiger partial charge < -0.3 is 14.2 Å². The number of nitrogens with zero attached hydrogens (tertiary/aromatic N) is 3. The molecule has 3 N–H and O–H groups in total. The van der Waals surface area contributed by atoms with Gasteiger partial charge in [-0.2, -0.15) is 15.3 Å². The Morgan fingerprint density at radius 3 is 1.06 bits per heavy atom. The molecule has 0 aliphatic rings. The van der Waals surface area contributed by atoms with E-state index in [1.165, 1.54) is 0 Å². The molecule has 1 aromatic carbocycles. The van der Waals surface area contributed by atoms with Gasteiger partial charge in [0.05, 0.1) is 37.0 Å². The van der Waals surface area contributed by atoms with E-state index in [2.05, 4.69) is 31.6 Å². The molecule has 33 heavy (non-hydrogen) atoms. The van der Waals surface area contributed by atoms with Crippen LogP contribution in [0.5, 0.6) is 0 Å². The highest BCUT2D eigenvalue weighted by molar-refractivity contribution is 6.08. The van der Waals surface area contributed by atoms with E-state index in [1.807, 2.05) is 0 Å². The van der Waals surface area contributed by atoms with Crippen molar-refractivity contribution in [3.63, 3.8) is 0 Å². The first-order chi connectivity index (χ1) is 15.7. The Hall–Kier alpha value is -3.96. The van der Waals surface area contributed by atoms with Crippen LogP contribution in [0.4, 0.5) is 14.4 Å². The molecule has 0 bridgehead atoms. The average molecular weight is 463 g/mol. The first kappa shape index (κ1) is 27.1. The fraction of sp³-hybridized carbons (Fsp3) is 0.429. The van der Waals surface area contributed by atoms with Gasteiger partial charge in [0.2, 0.25) is 0 Å². The molecule has 0 aromatic heterocycles. The molecule has 180 valence electrons. The van der Waals surface area contributed by atoms with Gasteiger partial charge in [0.25, 0.3) is 0 Å². The molecule has 3 amide bonds. The van der Waals surface area contributed by atoms with Crippen molar-refractivity contribution in [1.82, 2.24) is 16.3 Å². The number of carbonyl (C=O) groups is 3. The van der Waals surface area contributed by atoms with E-state index >= 15 is 0 Å². The van der Waals surface area contributed by atoms with Gasteiger partial charge in [0, 0.05) is 0 Å².